The first-order valence-electron chi connectivity index (χ1n) is 6.12. The molecule has 4 nitrogen and oxygen atoms in total. The number of rotatable bonds is 4. The van der Waals surface area contributed by atoms with E-state index in [9.17, 15) is 4.79 Å². The molecule has 0 saturated carbocycles. The van der Waals surface area contributed by atoms with Crippen LogP contribution >= 0.6 is 0 Å². The summed E-state index contributed by atoms with van der Waals surface area (Å²) in [6.45, 7) is 3.35. The standard InChI is InChI=1S/C14H19NO3/c1-10(16)11-4-5-15(9-11)12-6-13(17-2)8-14(7-12)18-3/h6-8,11H,4-5,9H2,1-3H3. The van der Waals surface area contributed by atoms with Gasteiger partial charge in [0.2, 0.25) is 0 Å². The minimum atomic E-state index is 0.155. The van der Waals surface area contributed by atoms with Gasteiger partial charge in [-0.05, 0) is 13.3 Å². The van der Waals surface area contributed by atoms with Crippen LogP contribution in [-0.2, 0) is 4.79 Å². The Morgan fingerprint density at radius 1 is 1.22 bits per heavy atom. The van der Waals surface area contributed by atoms with Gasteiger partial charge in [0.15, 0.2) is 0 Å². The van der Waals surface area contributed by atoms with Gasteiger partial charge in [0.05, 0.1) is 14.2 Å². The summed E-state index contributed by atoms with van der Waals surface area (Å²) >= 11 is 0. The van der Waals surface area contributed by atoms with Crippen molar-refractivity contribution < 1.29 is 14.3 Å². The molecule has 0 N–H and O–H groups in total. The fourth-order valence-corrected chi connectivity index (χ4v) is 2.30. The first-order valence-corrected chi connectivity index (χ1v) is 6.12. The molecular weight excluding hydrogens is 230 g/mol. The molecule has 1 heterocycles. The molecule has 1 aliphatic heterocycles. The highest BCUT2D eigenvalue weighted by Crippen LogP contribution is 2.31. The molecule has 1 atom stereocenters. The summed E-state index contributed by atoms with van der Waals surface area (Å²) in [6, 6.07) is 5.80. The number of methoxy groups -OCH3 is 2. The van der Waals surface area contributed by atoms with Crippen LogP contribution in [0.5, 0.6) is 11.5 Å². The van der Waals surface area contributed by atoms with Gasteiger partial charge in [-0.15, -0.1) is 0 Å². The van der Waals surface area contributed by atoms with E-state index >= 15 is 0 Å². The largest absolute Gasteiger partial charge is 0.497 e. The average Bonchev–Trinajstić information content (AvgIpc) is 2.87. The van der Waals surface area contributed by atoms with Crippen molar-refractivity contribution in [3.05, 3.63) is 18.2 Å². The zero-order valence-corrected chi connectivity index (χ0v) is 11.1. The Morgan fingerprint density at radius 3 is 2.28 bits per heavy atom. The number of Topliss-reactive ketones (excluding diaryl/α,β-unsaturated/α-hetero) is 1. The minimum absolute atomic E-state index is 0.155. The minimum Gasteiger partial charge on any atom is -0.497 e. The van der Waals surface area contributed by atoms with E-state index in [1.165, 1.54) is 0 Å². The SMILES string of the molecule is COc1cc(OC)cc(N2CCC(C(C)=O)C2)c1. The molecule has 1 unspecified atom stereocenters. The van der Waals surface area contributed by atoms with E-state index in [2.05, 4.69) is 4.90 Å². The van der Waals surface area contributed by atoms with Gasteiger partial charge >= 0.3 is 0 Å². The molecule has 0 spiro atoms. The predicted octanol–water partition coefficient (Wildman–Crippen LogP) is 2.12. The van der Waals surface area contributed by atoms with Crippen molar-refractivity contribution >= 4 is 11.5 Å². The number of hydrogen-bond donors (Lipinski definition) is 0. The van der Waals surface area contributed by atoms with Crippen LogP contribution in [0.4, 0.5) is 5.69 Å². The number of carbonyl (C=O) groups excluding carboxylic acids is 1. The molecular formula is C14H19NO3. The molecule has 2 rings (SSSR count). The first kappa shape index (κ1) is 12.7. The second-order valence-electron chi connectivity index (χ2n) is 4.61. The molecule has 1 aromatic carbocycles. The molecule has 98 valence electrons. The van der Waals surface area contributed by atoms with Crippen molar-refractivity contribution in [3.63, 3.8) is 0 Å². The average molecular weight is 249 g/mol. The third kappa shape index (κ3) is 2.58. The molecule has 4 heteroatoms. The Balaban J connectivity index is 2.20. The number of nitrogens with zero attached hydrogens (tertiary/aromatic N) is 1. The van der Waals surface area contributed by atoms with Crippen LogP contribution in [0.2, 0.25) is 0 Å². The quantitative estimate of drug-likeness (QED) is 0.819. The van der Waals surface area contributed by atoms with E-state index in [-0.39, 0.29) is 11.7 Å². The summed E-state index contributed by atoms with van der Waals surface area (Å²) in [5.41, 5.74) is 1.05. The van der Waals surface area contributed by atoms with Crippen molar-refractivity contribution in [2.75, 3.05) is 32.2 Å². The van der Waals surface area contributed by atoms with Crippen molar-refractivity contribution in [1.82, 2.24) is 0 Å². The number of benzene rings is 1. The van der Waals surface area contributed by atoms with Crippen LogP contribution in [-0.4, -0.2) is 33.1 Å². The maximum absolute atomic E-state index is 11.4. The van der Waals surface area contributed by atoms with Gasteiger partial charge in [0, 0.05) is 42.9 Å². The molecule has 0 radical (unpaired) electrons. The lowest BCUT2D eigenvalue weighted by Gasteiger charge is -2.20. The molecule has 0 aromatic heterocycles. The maximum Gasteiger partial charge on any atom is 0.134 e. The molecule has 0 bridgehead atoms. The molecule has 1 aliphatic rings. The third-order valence-corrected chi connectivity index (χ3v) is 3.46. The normalized spacial score (nSPS) is 18.8. The first-order chi connectivity index (χ1) is 8.63. The van der Waals surface area contributed by atoms with E-state index in [4.69, 9.17) is 9.47 Å². The van der Waals surface area contributed by atoms with Crippen LogP contribution in [0.3, 0.4) is 0 Å². The van der Waals surface area contributed by atoms with Crippen LogP contribution in [0.1, 0.15) is 13.3 Å². The third-order valence-electron chi connectivity index (χ3n) is 3.46. The highest BCUT2D eigenvalue weighted by molar-refractivity contribution is 5.79. The summed E-state index contributed by atoms with van der Waals surface area (Å²) in [6.07, 6.45) is 0.925. The van der Waals surface area contributed by atoms with Crippen molar-refractivity contribution in [3.8, 4) is 11.5 Å². The number of carbonyl (C=O) groups is 1. The number of hydrogen-bond acceptors (Lipinski definition) is 4. The summed E-state index contributed by atoms with van der Waals surface area (Å²) < 4.78 is 10.5. The number of ether oxygens (including phenoxy) is 2. The summed E-state index contributed by atoms with van der Waals surface area (Å²) in [5, 5.41) is 0. The fraction of sp³-hybridized carbons (Fsp3) is 0.500. The topological polar surface area (TPSA) is 38.8 Å². The van der Waals surface area contributed by atoms with Gasteiger partial charge in [-0.3, -0.25) is 4.79 Å². The second-order valence-corrected chi connectivity index (χ2v) is 4.61. The lowest BCUT2D eigenvalue weighted by molar-refractivity contribution is -0.120. The van der Waals surface area contributed by atoms with Gasteiger partial charge in [-0.2, -0.15) is 0 Å². The van der Waals surface area contributed by atoms with E-state index in [0.717, 1.165) is 36.7 Å². The maximum atomic E-state index is 11.4. The van der Waals surface area contributed by atoms with Crippen LogP contribution in [0.25, 0.3) is 0 Å². The Labute approximate surface area is 107 Å². The highest BCUT2D eigenvalue weighted by atomic mass is 16.5. The smallest absolute Gasteiger partial charge is 0.134 e. The molecule has 0 amide bonds. The zero-order valence-electron chi connectivity index (χ0n) is 11.1. The van der Waals surface area contributed by atoms with Crippen molar-refractivity contribution in [1.29, 1.82) is 0 Å². The lowest BCUT2D eigenvalue weighted by atomic mass is 10.1. The van der Waals surface area contributed by atoms with Crippen molar-refractivity contribution in [2.24, 2.45) is 5.92 Å². The Morgan fingerprint density at radius 2 is 1.83 bits per heavy atom. The summed E-state index contributed by atoms with van der Waals surface area (Å²) in [4.78, 5) is 13.6. The predicted molar refractivity (Wildman–Crippen MR) is 70.5 cm³/mol. The molecule has 18 heavy (non-hydrogen) atoms. The highest BCUT2D eigenvalue weighted by Gasteiger charge is 2.26. The Kier molecular flexibility index (Phi) is 3.75. The molecule has 1 saturated heterocycles. The Hall–Kier alpha value is -1.71. The van der Waals surface area contributed by atoms with Crippen LogP contribution in [0, 0.1) is 5.92 Å². The van der Waals surface area contributed by atoms with Crippen molar-refractivity contribution in [2.45, 2.75) is 13.3 Å². The van der Waals surface area contributed by atoms with Gasteiger partial charge in [0.1, 0.15) is 17.3 Å². The van der Waals surface area contributed by atoms with E-state index in [0.29, 0.717) is 0 Å². The number of ketones is 1. The lowest BCUT2D eigenvalue weighted by Crippen LogP contribution is -2.21. The monoisotopic (exact) mass is 249 g/mol. The molecule has 1 aromatic rings. The summed E-state index contributed by atoms with van der Waals surface area (Å²) in [5.74, 6) is 1.97. The van der Waals surface area contributed by atoms with Gasteiger partial charge < -0.3 is 14.4 Å². The van der Waals surface area contributed by atoms with E-state index in [1.54, 1.807) is 21.1 Å². The summed E-state index contributed by atoms with van der Waals surface area (Å²) in [7, 11) is 3.28. The van der Waals surface area contributed by atoms with Gasteiger partial charge in [0.25, 0.3) is 0 Å². The number of anilines is 1. The molecule has 1 fully saturated rings. The van der Waals surface area contributed by atoms with Gasteiger partial charge in [-0.25, -0.2) is 0 Å². The Bertz CT molecular complexity index is 422. The van der Waals surface area contributed by atoms with Crippen LogP contribution < -0.4 is 14.4 Å². The molecule has 0 aliphatic carbocycles. The zero-order chi connectivity index (χ0) is 13.1. The van der Waals surface area contributed by atoms with E-state index in [1.807, 2.05) is 18.2 Å². The van der Waals surface area contributed by atoms with Gasteiger partial charge in [-0.1, -0.05) is 0 Å². The second kappa shape index (κ2) is 5.29. The fourth-order valence-electron chi connectivity index (χ4n) is 2.30. The van der Waals surface area contributed by atoms with E-state index < -0.39 is 0 Å². The van der Waals surface area contributed by atoms with Crippen LogP contribution in [0.15, 0.2) is 18.2 Å².